The zero-order chi connectivity index (χ0) is 34.1. The number of benzene rings is 4. The Morgan fingerprint density at radius 1 is 0.917 bits per heavy atom. The monoisotopic (exact) mass is 650 g/mol. The lowest BCUT2D eigenvalue weighted by Gasteiger charge is -2.31. The first-order valence-corrected chi connectivity index (χ1v) is 15.4. The molecular formula is C37H33F3N6O2. The normalized spacial score (nSPS) is 14.8. The van der Waals surface area contributed by atoms with Crippen LogP contribution in [0.3, 0.4) is 0 Å². The van der Waals surface area contributed by atoms with E-state index in [0.29, 0.717) is 22.0 Å². The highest BCUT2D eigenvalue weighted by atomic mass is 19.2. The van der Waals surface area contributed by atoms with Crippen LogP contribution in [0.1, 0.15) is 30.5 Å². The maximum absolute atomic E-state index is 15.0. The lowest BCUT2D eigenvalue weighted by atomic mass is 9.95. The lowest BCUT2D eigenvalue weighted by Crippen LogP contribution is -2.48. The molecule has 1 atom stereocenters. The standard InChI is InChI=1S/C37H33F3N6O2/c1-22(2)44(20-23-9-5-3-6-10-23)34(47)21-45-32-17-29(39)30(40)18-33(32)46(35(41)24-11-7-4-8-12-24)36(42)28(37(45)48)15-25-19-43-31-14-13-26(38)16-27(25)31/h3-14,16-19,22,28,41-43H,15,20-21H2,1-2H3. The van der Waals surface area contributed by atoms with Crippen LogP contribution in [0.4, 0.5) is 24.5 Å². The fourth-order valence-electron chi connectivity index (χ4n) is 6.05. The van der Waals surface area contributed by atoms with Crippen LogP contribution < -0.4 is 9.80 Å². The minimum absolute atomic E-state index is 0.124. The van der Waals surface area contributed by atoms with Gasteiger partial charge < -0.3 is 14.8 Å². The zero-order valence-electron chi connectivity index (χ0n) is 26.3. The quantitative estimate of drug-likeness (QED) is 0.124. The van der Waals surface area contributed by atoms with Gasteiger partial charge >= 0.3 is 0 Å². The molecule has 0 fully saturated rings. The van der Waals surface area contributed by atoms with Gasteiger partial charge in [-0.05, 0) is 49.6 Å². The van der Waals surface area contributed by atoms with Crippen LogP contribution in [0.2, 0.25) is 0 Å². The first-order chi connectivity index (χ1) is 23.0. The second-order valence-corrected chi connectivity index (χ2v) is 12.0. The number of carbonyl (C=O) groups is 2. The number of aromatic nitrogens is 1. The number of hydrogen-bond acceptors (Lipinski definition) is 4. The first-order valence-electron chi connectivity index (χ1n) is 15.4. The van der Waals surface area contributed by atoms with Gasteiger partial charge in [0.05, 0.1) is 11.4 Å². The van der Waals surface area contributed by atoms with E-state index in [1.165, 1.54) is 12.1 Å². The van der Waals surface area contributed by atoms with Crippen LogP contribution in [0.25, 0.3) is 10.9 Å². The number of nitrogens with one attached hydrogen (secondary N) is 3. The van der Waals surface area contributed by atoms with Crippen molar-refractivity contribution in [2.75, 3.05) is 16.3 Å². The maximum atomic E-state index is 15.0. The van der Waals surface area contributed by atoms with Crippen molar-refractivity contribution >= 4 is 45.8 Å². The largest absolute Gasteiger partial charge is 0.361 e. The Balaban J connectivity index is 1.48. The fraction of sp³-hybridized carbons (Fsp3) is 0.189. The van der Waals surface area contributed by atoms with E-state index in [9.17, 15) is 19.4 Å². The van der Waals surface area contributed by atoms with E-state index in [-0.39, 0.29) is 42.1 Å². The Hall–Kier alpha value is -5.71. The number of halogens is 3. The summed E-state index contributed by atoms with van der Waals surface area (Å²) in [5.41, 5.74) is 2.05. The zero-order valence-corrected chi connectivity index (χ0v) is 26.3. The number of anilines is 2. The van der Waals surface area contributed by atoms with E-state index in [4.69, 9.17) is 5.41 Å². The van der Waals surface area contributed by atoms with Gasteiger partial charge in [0.1, 0.15) is 30.0 Å². The van der Waals surface area contributed by atoms with Gasteiger partial charge in [-0.3, -0.25) is 25.3 Å². The number of fused-ring (bicyclic) bond motifs is 2. The molecule has 0 saturated carbocycles. The third-order valence-electron chi connectivity index (χ3n) is 8.54. The fourth-order valence-corrected chi connectivity index (χ4v) is 6.05. The van der Waals surface area contributed by atoms with Crippen LogP contribution >= 0.6 is 0 Å². The second kappa shape index (κ2) is 13.2. The number of hydrogen-bond donors (Lipinski definition) is 3. The van der Waals surface area contributed by atoms with Gasteiger partial charge in [-0.25, -0.2) is 13.2 Å². The van der Waals surface area contributed by atoms with Crippen molar-refractivity contribution in [3.8, 4) is 0 Å². The summed E-state index contributed by atoms with van der Waals surface area (Å²) in [4.78, 5) is 35.5. The Morgan fingerprint density at radius 3 is 2.23 bits per heavy atom. The van der Waals surface area contributed by atoms with Crippen LogP contribution in [-0.4, -0.2) is 46.0 Å². The third kappa shape index (κ3) is 6.18. The molecule has 2 heterocycles. The molecule has 0 spiro atoms. The van der Waals surface area contributed by atoms with Gasteiger partial charge in [-0.2, -0.15) is 0 Å². The molecule has 0 saturated heterocycles. The summed E-state index contributed by atoms with van der Waals surface area (Å²) in [6, 6.07) is 23.3. The third-order valence-corrected chi connectivity index (χ3v) is 8.54. The number of rotatable bonds is 8. The summed E-state index contributed by atoms with van der Waals surface area (Å²) in [5.74, 6) is -6.14. The van der Waals surface area contributed by atoms with Crippen molar-refractivity contribution in [3.63, 3.8) is 0 Å². The summed E-state index contributed by atoms with van der Waals surface area (Å²) < 4.78 is 44.4. The second-order valence-electron chi connectivity index (χ2n) is 12.0. The van der Waals surface area contributed by atoms with Crippen LogP contribution in [0.5, 0.6) is 0 Å². The summed E-state index contributed by atoms with van der Waals surface area (Å²) in [6.45, 7) is 3.38. The van der Waals surface area contributed by atoms with Gasteiger partial charge in [0.15, 0.2) is 11.6 Å². The number of amidine groups is 2. The summed E-state index contributed by atoms with van der Waals surface area (Å²) in [7, 11) is 0. The Morgan fingerprint density at radius 2 is 1.56 bits per heavy atom. The van der Waals surface area contributed by atoms with E-state index in [2.05, 4.69) is 4.98 Å². The van der Waals surface area contributed by atoms with Crippen LogP contribution in [0.15, 0.2) is 97.2 Å². The topological polar surface area (TPSA) is 107 Å². The SMILES string of the molecule is CC(C)N(Cc1ccccc1)C(=O)CN1C(=O)C(Cc2c[nH]c3ccc(F)cc23)C(=N)N(C(=N)c2ccccc2)c2cc(F)c(F)cc21. The number of H-pyrrole nitrogens is 1. The molecule has 0 radical (unpaired) electrons. The van der Waals surface area contributed by atoms with Gasteiger partial charge in [0.2, 0.25) is 11.8 Å². The number of carbonyl (C=O) groups excluding carboxylic acids is 2. The van der Waals surface area contributed by atoms with E-state index in [1.807, 2.05) is 44.2 Å². The lowest BCUT2D eigenvalue weighted by molar-refractivity contribution is -0.133. The molecule has 8 nitrogen and oxygen atoms in total. The number of aromatic amines is 1. The number of amides is 2. The predicted octanol–water partition coefficient (Wildman–Crippen LogP) is 7.04. The average Bonchev–Trinajstić information content (AvgIpc) is 3.45. The molecule has 4 aromatic carbocycles. The van der Waals surface area contributed by atoms with Gasteiger partial charge in [-0.15, -0.1) is 0 Å². The summed E-state index contributed by atoms with van der Waals surface area (Å²) >= 11 is 0. The van der Waals surface area contributed by atoms with E-state index in [1.54, 1.807) is 47.5 Å². The average molecular weight is 651 g/mol. The van der Waals surface area contributed by atoms with Crippen molar-refractivity contribution in [1.29, 1.82) is 10.8 Å². The summed E-state index contributed by atoms with van der Waals surface area (Å²) in [6.07, 6.45) is 1.49. The van der Waals surface area contributed by atoms with Gasteiger partial charge in [0.25, 0.3) is 0 Å². The predicted molar refractivity (Wildman–Crippen MR) is 180 cm³/mol. The number of nitrogens with zero attached hydrogens (tertiary/aromatic N) is 3. The van der Waals surface area contributed by atoms with Crippen molar-refractivity contribution in [1.82, 2.24) is 9.88 Å². The molecule has 0 bridgehead atoms. The van der Waals surface area contributed by atoms with E-state index in [0.717, 1.165) is 27.5 Å². The molecule has 11 heteroatoms. The van der Waals surface area contributed by atoms with Crippen molar-refractivity contribution < 1.29 is 22.8 Å². The Kier molecular flexibility index (Phi) is 8.86. The highest BCUT2D eigenvalue weighted by Gasteiger charge is 2.42. The highest BCUT2D eigenvalue weighted by Crippen LogP contribution is 2.39. The molecule has 1 unspecified atom stereocenters. The molecule has 0 aliphatic carbocycles. The molecule has 3 N–H and O–H groups in total. The van der Waals surface area contributed by atoms with Crippen LogP contribution in [0, 0.1) is 34.2 Å². The summed E-state index contributed by atoms with van der Waals surface area (Å²) in [5, 5.41) is 19.0. The van der Waals surface area contributed by atoms with E-state index < -0.39 is 41.7 Å². The smallest absolute Gasteiger partial charge is 0.243 e. The van der Waals surface area contributed by atoms with Crippen LogP contribution in [-0.2, 0) is 22.6 Å². The molecule has 48 heavy (non-hydrogen) atoms. The molecule has 1 aliphatic rings. The molecule has 244 valence electrons. The minimum Gasteiger partial charge on any atom is -0.361 e. The highest BCUT2D eigenvalue weighted by molar-refractivity contribution is 6.31. The van der Waals surface area contributed by atoms with Gasteiger partial charge in [-0.1, -0.05) is 60.7 Å². The van der Waals surface area contributed by atoms with Crippen molar-refractivity contribution in [2.24, 2.45) is 5.92 Å². The first kappa shape index (κ1) is 32.2. The molecule has 1 aromatic heterocycles. The van der Waals surface area contributed by atoms with Gasteiger partial charge in [0, 0.05) is 47.4 Å². The molecular weight excluding hydrogens is 617 g/mol. The van der Waals surface area contributed by atoms with Crippen molar-refractivity contribution in [2.45, 2.75) is 32.9 Å². The maximum Gasteiger partial charge on any atom is 0.243 e. The molecule has 6 rings (SSSR count). The molecule has 2 amide bonds. The Labute approximate surface area is 275 Å². The van der Waals surface area contributed by atoms with E-state index >= 15 is 8.78 Å². The minimum atomic E-state index is -1.33. The molecule has 5 aromatic rings. The van der Waals surface area contributed by atoms with Crippen molar-refractivity contribution in [3.05, 3.63) is 131 Å². The molecule has 1 aliphatic heterocycles. The Bertz CT molecular complexity index is 2030.